The fraction of sp³-hybridized carbons (Fsp3) is 0.526. The van der Waals surface area contributed by atoms with Crippen molar-refractivity contribution in [3.63, 3.8) is 0 Å². The molecule has 26 heavy (non-hydrogen) atoms. The first-order chi connectivity index (χ1) is 12.5. The maximum atomic E-state index is 12.1. The second kappa shape index (κ2) is 8.95. The number of hydrogen-bond donors (Lipinski definition) is 1. The van der Waals surface area contributed by atoms with Gasteiger partial charge in [-0.15, -0.1) is 22.0 Å². The summed E-state index contributed by atoms with van der Waals surface area (Å²) >= 11 is 3.25. The Hall–Kier alpha value is -1.47. The molecule has 1 aliphatic carbocycles. The molecular formula is C19H26N4OS2. The van der Waals surface area contributed by atoms with Crippen LogP contribution in [0, 0.1) is 6.92 Å². The van der Waals surface area contributed by atoms with Crippen LogP contribution in [-0.4, -0.2) is 38.7 Å². The van der Waals surface area contributed by atoms with E-state index in [0.717, 1.165) is 16.7 Å². The van der Waals surface area contributed by atoms with Crippen LogP contribution in [0.4, 0.5) is 0 Å². The van der Waals surface area contributed by atoms with E-state index in [1.54, 1.807) is 11.8 Å². The molecule has 0 bridgehead atoms. The van der Waals surface area contributed by atoms with Gasteiger partial charge in [-0.1, -0.05) is 43.3 Å². The molecule has 1 aromatic heterocycles. The highest BCUT2D eigenvalue weighted by atomic mass is 32.2. The number of aromatic nitrogens is 3. The largest absolute Gasteiger partial charge is 0.355 e. The average Bonchev–Trinajstić information content (AvgIpc) is 3.37. The van der Waals surface area contributed by atoms with Gasteiger partial charge in [0.05, 0.1) is 5.75 Å². The van der Waals surface area contributed by atoms with Gasteiger partial charge in [-0.3, -0.25) is 4.79 Å². The van der Waals surface area contributed by atoms with Gasteiger partial charge in [0, 0.05) is 29.2 Å². The third-order valence-corrected chi connectivity index (χ3v) is 6.12. The van der Waals surface area contributed by atoms with Gasteiger partial charge in [-0.25, -0.2) is 0 Å². The molecule has 1 aliphatic rings. The lowest BCUT2D eigenvalue weighted by atomic mass is 10.2. The SMILES string of the molecule is Cc1ccc(SCCNC(=O)CSc2nnc(C(C)C)n2C2CC2)cc1. The Kier molecular flexibility index (Phi) is 6.64. The topological polar surface area (TPSA) is 59.8 Å². The van der Waals surface area contributed by atoms with E-state index in [4.69, 9.17) is 0 Å². The van der Waals surface area contributed by atoms with E-state index in [1.807, 2.05) is 0 Å². The zero-order valence-electron chi connectivity index (χ0n) is 15.6. The van der Waals surface area contributed by atoms with Crippen LogP contribution in [0.2, 0.25) is 0 Å². The summed E-state index contributed by atoms with van der Waals surface area (Å²) in [7, 11) is 0. The molecule has 0 radical (unpaired) electrons. The minimum atomic E-state index is 0.0518. The van der Waals surface area contributed by atoms with Crippen molar-refractivity contribution in [1.82, 2.24) is 20.1 Å². The fourth-order valence-electron chi connectivity index (χ4n) is 2.63. The van der Waals surface area contributed by atoms with Gasteiger partial charge < -0.3 is 9.88 Å². The van der Waals surface area contributed by atoms with Crippen LogP contribution in [0.5, 0.6) is 0 Å². The lowest BCUT2D eigenvalue weighted by Crippen LogP contribution is -2.27. The normalized spacial score (nSPS) is 14.0. The summed E-state index contributed by atoms with van der Waals surface area (Å²) in [5.41, 5.74) is 1.26. The zero-order chi connectivity index (χ0) is 18.5. The van der Waals surface area contributed by atoms with E-state index in [0.29, 0.717) is 24.3 Å². The molecule has 2 aromatic rings. The molecule has 1 amide bonds. The number of carbonyl (C=O) groups is 1. The molecular weight excluding hydrogens is 364 g/mol. The van der Waals surface area contributed by atoms with Crippen LogP contribution in [0.3, 0.4) is 0 Å². The molecule has 0 aliphatic heterocycles. The third-order valence-electron chi connectivity index (χ3n) is 4.17. The number of thioether (sulfide) groups is 2. The summed E-state index contributed by atoms with van der Waals surface area (Å²) in [6.07, 6.45) is 2.38. The third kappa shape index (κ3) is 5.27. The molecule has 0 saturated heterocycles. The van der Waals surface area contributed by atoms with E-state index in [-0.39, 0.29) is 5.91 Å². The molecule has 3 rings (SSSR count). The molecule has 5 nitrogen and oxygen atoms in total. The Balaban J connectivity index is 1.41. The summed E-state index contributed by atoms with van der Waals surface area (Å²) < 4.78 is 2.23. The number of amides is 1. The number of benzene rings is 1. The number of nitrogens with zero attached hydrogens (tertiary/aromatic N) is 3. The van der Waals surface area contributed by atoms with Crippen molar-refractivity contribution < 1.29 is 4.79 Å². The fourth-order valence-corrected chi connectivity index (χ4v) is 4.24. The second-order valence-corrected chi connectivity index (χ2v) is 9.01. The van der Waals surface area contributed by atoms with E-state index in [9.17, 15) is 4.79 Å². The second-order valence-electron chi connectivity index (χ2n) is 6.90. The maximum absolute atomic E-state index is 12.1. The minimum Gasteiger partial charge on any atom is -0.355 e. The summed E-state index contributed by atoms with van der Waals surface area (Å²) in [4.78, 5) is 13.3. The van der Waals surface area contributed by atoms with Crippen LogP contribution in [0.25, 0.3) is 0 Å². The zero-order valence-corrected chi connectivity index (χ0v) is 17.2. The van der Waals surface area contributed by atoms with Crippen molar-refractivity contribution in [2.75, 3.05) is 18.1 Å². The van der Waals surface area contributed by atoms with Gasteiger partial charge >= 0.3 is 0 Å². The van der Waals surface area contributed by atoms with Crippen molar-refractivity contribution in [3.8, 4) is 0 Å². The Morgan fingerprint density at radius 1 is 1.23 bits per heavy atom. The molecule has 1 fully saturated rings. The van der Waals surface area contributed by atoms with E-state index >= 15 is 0 Å². The lowest BCUT2D eigenvalue weighted by Gasteiger charge is -2.10. The molecule has 1 heterocycles. The minimum absolute atomic E-state index is 0.0518. The summed E-state index contributed by atoms with van der Waals surface area (Å²) in [6.45, 7) is 7.02. The smallest absolute Gasteiger partial charge is 0.230 e. The average molecular weight is 391 g/mol. The Labute approximate surface area is 163 Å². The van der Waals surface area contributed by atoms with Gasteiger partial charge in [-0.05, 0) is 31.9 Å². The molecule has 7 heteroatoms. The van der Waals surface area contributed by atoms with Crippen molar-refractivity contribution in [1.29, 1.82) is 0 Å². The van der Waals surface area contributed by atoms with Gasteiger partial charge in [0.25, 0.3) is 0 Å². The number of hydrogen-bond acceptors (Lipinski definition) is 5. The summed E-state index contributed by atoms with van der Waals surface area (Å²) in [6, 6.07) is 8.99. The van der Waals surface area contributed by atoms with Gasteiger partial charge in [0.1, 0.15) is 5.82 Å². The number of carbonyl (C=O) groups excluding carboxylic acids is 1. The van der Waals surface area contributed by atoms with Crippen LogP contribution < -0.4 is 5.32 Å². The van der Waals surface area contributed by atoms with Crippen LogP contribution in [-0.2, 0) is 4.79 Å². The molecule has 0 atom stereocenters. The van der Waals surface area contributed by atoms with Crippen LogP contribution >= 0.6 is 23.5 Å². The van der Waals surface area contributed by atoms with Gasteiger partial charge in [-0.2, -0.15) is 0 Å². The predicted octanol–water partition coefficient (Wildman–Crippen LogP) is 4.05. The van der Waals surface area contributed by atoms with E-state index < -0.39 is 0 Å². The van der Waals surface area contributed by atoms with E-state index in [1.165, 1.54) is 35.1 Å². The van der Waals surface area contributed by atoms with Gasteiger partial charge in [0.2, 0.25) is 5.91 Å². The Morgan fingerprint density at radius 2 is 1.96 bits per heavy atom. The van der Waals surface area contributed by atoms with Crippen molar-refractivity contribution in [3.05, 3.63) is 35.7 Å². The van der Waals surface area contributed by atoms with Crippen LogP contribution in [0.15, 0.2) is 34.3 Å². The highest BCUT2D eigenvalue weighted by molar-refractivity contribution is 7.99. The van der Waals surface area contributed by atoms with Crippen LogP contribution in [0.1, 0.15) is 50.0 Å². The highest BCUT2D eigenvalue weighted by Gasteiger charge is 2.30. The highest BCUT2D eigenvalue weighted by Crippen LogP contribution is 2.40. The summed E-state index contributed by atoms with van der Waals surface area (Å²) in [5.74, 6) is 2.69. The Bertz CT molecular complexity index is 738. The monoisotopic (exact) mass is 390 g/mol. The van der Waals surface area contributed by atoms with Gasteiger partial charge in [0.15, 0.2) is 5.16 Å². The quantitative estimate of drug-likeness (QED) is 0.517. The molecule has 1 saturated carbocycles. The lowest BCUT2D eigenvalue weighted by molar-refractivity contribution is -0.118. The number of nitrogens with one attached hydrogen (secondary N) is 1. The van der Waals surface area contributed by atoms with Crippen molar-refractivity contribution in [2.24, 2.45) is 0 Å². The molecule has 1 aromatic carbocycles. The summed E-state index contributed by atoms with van der Waals surface area (Å²) in [5, 5.41) is 12.5. The molecule has 1 N–H and O–H groups in total. The number of rotatable bonds is 9. The van der Waals surface area contributed by atoms with E-state index in [2.05, 4.69) is 65.1 Å². The first kappa shape index (κ1) is 19.3. The van der Waals surface area contributed by atoms with Crippen molar-refractivity contribution in [2.45, 2.75) is 55.6 Å². The standard InChI is InChI=1S/C19H26N4OS2/c1-13(2)18-21-22-19(23(18)15-6-7-15)26-12-17(24)20-10-11-25-16-8-4-14(3)5-9-16/h4-5,8-9,13,15H,6-7,10-12H2,1-3H3,(H,20,24). The molecule has 0 spiro atoms. The molecule has 140 valence electrons. The maximum Gasteiger partial charge on any atom is 0.230 e. The predicted molar refractivity (Wildman–Crippen MR) is 108 cm³/mol. The van der Waals surface area contributed by atoms with Crippen molar-refractivity contribution >= 4 is 29.4 Å². The Morgan fingerprint density at radius 3 is 2.62 bits per heavy atom. The number of aryl methyl sites for hydroxylation is 1. The first-order valence-corrected chi connectivity index (χ1v) is 11.1. The molecule has 0 unspecified atom stereocenters. The first-order valence-electron chi connectivity index (χ1n) is 9.08.